The molecule has 27 heavy (non-hydrogen) atoms. The molecule has 2 aliphatic heterocycles. The molecule has 1 saturated heterocycles. The molecule has 0 aliphatic carbocycles. The van der Waals surface area contributed by atoms with E-state index in [-0.39, 0.29) is 17.7 Å². The first-order valence-corrected chi connectivity index (χ1v) is 10.1. The largest absolute Gasteiger partial charge is 0.490 e. The summed E-state index contributed by atoms with van der Waals surface area (Å²) in [7, 11) is 0. The normalized spacial score (nSPS) is 17.4. The predicted molar refractivity (Wildman–Crippen MR) is 103 cm³/mol. The minimum atomic E-state index is -0.0116. The van der Waals surface area contributed by atoms with Crippen molar-refractivity contribution in [3.05, 3.63) is 23.8 Å². The number of hydrogen-bond acceptors (Lipinski definition) is 4. The maximum Gasteiger partial charge on any atom is 0.254 e. The summed E-state index contributed by atoms with van der Waals surface area (Å²) in [6, 6.07) is 5.39. The Morgan fingerprint density at radius 3 is 2.33 bits per heavy atom. The van der Waals surface area contributed by atoms with E-state index >= 15 is 0 Å². The van der Waals surface area contributed by atoms with Crippen molar-refractivity contribution in [2.75, 3.05) is 39.4 Å². The Morgan fingerprint density at radius 1 is 0.926 bits per heavy atom. The summed E-state index contributed by atoms with van der Waals surface area (Å²) >= 11 is 0. The number of carbonyl (C=O) groups excluding carboxylic acids is 2. The average Bonchev–Trinajstić information content (AvgIpc) is 3.08. The van der Waals surface area contributed by atoms with Crippen molar-refractivity contribution in [2.45, 2.75) is 39.5 Å². The SMILES string of the molecule is CCC(CC)C(=O)N1CCCN(C(=O)c2ccc3c(c2)OCCCO3)CC1. The van der Waals surface area contributed by atoms with Crippen LogP contribution >= 0.6 is 0 Å². The van der Waals surface area contributed by atoms with Crippen LogP contribution in [-0.2, 0) is 4.79 Å². The van der Waals surface area contributed by atoms with Crippen molar-refractivity contribution in [2.24, 2.45) is 5.92 Å². The maximum atomic E-state index is 13.0. The molecule has 2 aliphatic rings. The van der Waals surface area contributed by atoms with Crippen molar-refractivity contribution in [1.82, 2.24) is 9.80 Å². The van der Waals surface area contributed by atoms with Crippen LogP contribution in [0.1, 0.15) is 49.9 Å². The summed E-state index contributed by atoms with van der Waals surface area (Å²) in [5.41, 5.74) is 0.610. The van der Waals surface area contributed by atoms with Gasteiger partial charge in [0.1, 0.15) is 0 Å². The highest BCUT2D eigenvalue weighted by atomic mass is 16.5. The molecule has 0 radical (unpaired) electrons. The molecular formula is C21H30N2O4. The number of fused-ring (bicyclic) bond motifs is 1. The highest BCUT2D eigenvalue weighted by Crippen LogP contribution is 2.31. The summed E-state index contributed by atoms with van der Waals surface area (Å²) in [5, 5.41) is 0. The lowest BCUT2D eigenvalue weighted by Crippen LogP contribution is -2.39. The van der Waals surface area contributed by atoms with Crippen molar-refractivity contribution >= 4 is 11.8 Å². The number of benzene rings is 1. The molecule has 0 N–H and O–H groups in total. The number of hydrogen-bond donors (Lipinski definition) is 0. The third-order valence-corrected chi connectivity index (χ3v) is 5.42. The zero-order valence-corrected chi connectivity index (χ0v) is 16.4. The van der Waals surface area contributed by atoms with Crippen molar-refractivity contribution < 1.29 is 19.1 Å². The van der Waals surface area contributed by atoms with Gasteiger partial charge < -0.3 is 19.3 Å². The van der Waals surface area contributed by atoms with E-state index in [0.717, 1.165) is 32.2 Å². The molecule has 0 bridgehead atoms. The molecule has 0 unspecified atom stereocenters. The Hall–Kier alpha value is -2.24. The summed E-state index contributed by atoms with van der Waals surface area (Å²) < 4.78 is 11.3. The summed E-state index contributed by atoms with van der Waals surface area (Å²) in [6.45, 7) is 7.91. The number of rotatable bonds is 4. The number of amides is 2. The van der Waals surface area contributed by atoms with Crippen LogP contribution in [0.2, 0.25) is 0 Å². The molecule has 2 amide bonds. The van der Waals surface area contributed by atoms with Gasteiger partial charge in [-0.05, 0) is 37.5 Å². The molecule has 3 rings (SSSR count). The van der Waals surface area contributed by atoms with E-state index in [0.29, 0.717) is 49.9 Å². The molecule has 0 spiro atoms. The Kier molecular flexibility index (Phi) is 6.58. The van der Waals surface area contributed by atoms with E-state index in [4.69, 9.17) is 9.47 Å². The molecule has 0 aromatic heterocycles. The highest BCUT2D eigenvalue weighted by Gasteiger charge is 2.26. The number of carbonyl (C=O) groups is 2. The van der Waals surface area contributed by atoms with Gasteiger partial charge in [0, 0.05) is 44.1 Å². The van der Waals surface area contributed by atoms with E-state index in [2.05, 4.69) is 13.8 Å². The second-order valence-electron chi connectivity index (χ2n) is 7.20. The van der Waals surface area contributed by atoms with Gasteiger partial charge in [-0.15, -0.1) is 0 Å². The smallest absolute Gasteiger partial charge is 0.254 e. The van der Waals surface area contributed by atoms with Crippen LogP contribution < -0.4 is 9.47 Å². The Bertz CT molecular complexity index is 672. The summed E-state index contributed by atoms with van der Waals surface area (Å²) in [6.07, 6.45) is 3.38. The topological polar surface area (TPSA) is 59.1 Å². The molecule has 0 atom stereocenters. The third kappa shape index (κ3) is 4.54. The fraction of sp³-hybridized carbons (Fsp3) is 0.619. The minimum absolute atomic E-state index is 0.0116. The fourth-order valence-electron chi connectivity index (χ4n) is 3.72. The second kappa shape index (κ2) is 9.11. The van der Waals surface area contributed by atoms with Gasteiger partial charge in [-0.25, -0.2) is 0 Å². The van der Waals surface area contributed by atoms with Crippen LogP contribution in [0.5, 0.6) is 11.5 Å². The van der Waals surface area contributed by atoms with E-state index in [1.807, 2.05) is 15.9 Å². The lowest BCUT2D eigenvalue weighted by atomic mass is 10.0. The van der Waals surface area contributed by atoms with Gasteiger partial charge >= 0.3 is 0 Å². The van der Waals surface area contributed by atoms with Crippen LogP contribution in [0, 0.1) is 5.92 Å². The van der Waals surface area contributed by atoms with Gasteiger partial charge in [0.05, 0.1) is 13.2 Å². The van der Waals surface area contributed by atoms with E-state index in [1.165, 1.54) is 0 Å². The quantitative estimate of drug-likeness (QED) is 0.813. The van der Waals surface area contributed by atoms with Gasteiger partial charge in [0.25, 0.3) is 5.91 Å². The molecule has 148 valence electrons. The first kappa shape index (κ1) is 19.5. The second-order valence-corrected chi connectivity index (χ2v) is 7.20. The van der Waals surface area contributed by atoms with Gasteiger partial charge in [-0.3, -0.25) is 9.59 Å². The molecule has 6 nitrogen and oxygen atoms in total. The van der Waals surface area contributed by atoms with Crippen molar-refractivity contribution in [3.63, 3.8) is 0 Å². The standard InChI is InChI=1S/C21H30N2O4/c1-3-16(4-2)20(24)22-9-5-10-23(12-11-22)21(25)17-7-8-18-19(15-17)27-14-6-13-26-18/h7-8,15-16H,3-6,9-14H2,1-2H3. The maximum absolute atomic E-state index is 13.0. The van der Waals surface area contributed by atoms with Gasteiger partial charge in [-0.2, -0.15) is 0 Å². The number of nitrogens with zero attached hydrogens (tertiary/aromatic N) is 2. The summed E-state index contributed by atoms with van der Waals surface area (Å²) in [4.78, 5) is 29.4. The lowest BCUT2D eigenvalue weighted by molar-refractivity contribution is -0.135. The van der Waals surface area contributed by atoms with Gasteiger partial charge in [0.2, 0.25) is 5.91 Å². The first-order chi connectivity index (χ1) is 13.1. The highest BCUT2D eigenvalue weighted by molar-refractivity contribution is 5.95. The van der Waals surface area contributed by atoms with Gasteiger partial charge in [-0.1, -0.05) is 13.8 Å². The molecule has 0 saturated carbocycles. The zero-order valence-electron chi connectivity index (χ0n) is 16.4. The van der Waals surface area contributed by atoms with E-state index in [1.54, 1.807) is 12.1 Å². The summed E-state index contributed by atoms with van der Waals surface area (Å²) in [5.74, 6) is 1.64. The van der Waals surface area contributed by atoms with Crippen LogP contribution in [0.4, 0.5) is 0 Å². The monoisotopic (exact) mass is 374 g/mol. The van der Waals surface area contributed by atoms with Crippen molar-refractivity contribution in [3.8, 4) is 11.5 Å². The van der Waals surface area contributed by atoms with Crippen molar-refractivity contribution in [1.29, 1.82) is 0 Å². The Morgan fingerprint density at radius 2 is 1.59 bits per heavy atom. The van der Waals surface area contributed by atoms with E-state index < -0.39 is 0 Å². The Balaban J connectivity index is 1.66. The van der Waals surface area contributed by atoms with Gasteiger partial charge in [0.15, 0.2) is 11.5 Å². The lowest BCUT2D eigenvalue weighted by Gasteiger charge is -2.25. The minimum Gasteiger partial charge on any atom is -0.490 e. The van der Waals surface area contributed by atoms with Crippen LogP contribution in [-0.4, -0.2) is 61.0 Å². The molecule has 1 aromatic rings. The molecule has 1 aromatic carbocycles. The zero-order chi connectivity index (χ0) is 19.2. The molecular weight excluding hydrogens is 344 g/mol. The van der Waals surface area contributed by atoms with Crippen LogP contribution in [0.3, 0.4) is 0 Å². The molecule has 2 heterocycles. The van der Waals surface area contributed by atoms with Crippen LogP contribution in [0.25, 0.3) is 0 Å². The molecule has 1 fully saturated rings. The van der Waals surface area contributed by atoms with Crippen LogP contribution in [0.15, 0.2) is 18.2 Å². The first-order valence-electron chi connectivity index (χ1n) is 10.1. The predicted octanol–water partition coefficient (Wildman–Crippen LogP) is 2.96. The molecule has 6 heteroatoms. The fourth-order valence-corrected chi connectivity index (χ4v) is 3.72. The number of ether oxygens (including phenoxy) is 2. The average molecular weight is 374 g/mol. The van der Waals surface area contributed by atoms with E-state index in [9.17, 15) is 9.59 Å². The Labute approximate surface area is 161 Å². The third-order valence-electron chi connectivity index (χ3n) is 5.42.